The van der Waals surface area contributed by atoms with E-state index >= 15 is 0 Å². The summed E-state index contributed by atoms with van der Waals surface area (Å²) < 4.78 is 1.77. The van der Waals surface area contributed by atoms with Gasteiger partial charge in [0.25, 0.3) is 0 Å². The van der Waals surface area contributed by atoms with Crippen molar-refractivity contribution in [1.29, 1.82) is 0 Å². The number of carbonyl (C=O) groups is 1. The minimum Gasteiger partial charge on any atom is -0.354 e. The smallest absolute Gasteiger partial charge is 0.227 e. The fourth-order valence-electron chi connectivity index (χ4n) is 4.14. The van der Waals surface area contributed by atoms with Crippen LogP contribution in [0.25, 0.3) is 5.65 Å². The number of piperidine rings is 1. The summed E-state index contributed by atoms with van der Waals surface area (Å²) in [5.41, 5.74) is 2.07. The Bertz CT molecular complexity index is 995. The van der Waals surface area contributed by atoms with E-state index < -0.39 is 0 Å². The van der Waals surface area contributed by atoms with Crippen LogP contribution >= 0.6 is 11.3 Å². The second kappa shape index (κ2) is 6.60. The Kier molecular flexibility index (Phi) is 4.07. The SMILES string of the molecule is Cc1nnc2ccc(N3CCCC(C(=O)N4CCc5sccc5C4)C3)nn12. The molecule has 5 rings (SSSR count). The zero-order chi connectivity index (χ0) is 18.4. The third-order valence-corrected chi connectivity index (χ3v) is 6.64. The molecule has 0 bridgehead atoms. The van der Waals surface area contributed by atoms with Crippen LogP contribution in [0.15, 0.2) is 23.6 Å². The summed E-state index contributed by atoms with van der Waals surface area (Å²) in [5, 5.41) is 15.0. The number of carbonyl (C=O) groups excluding carboxylic acids is 1. The topological polar surface area (TPSA) is 66.6 Å². The van der Waals surface area contributed by atoms with Crippen molar-refractivity contribution < 1.29 is 4.79 Å². The standard InChI is InChI=1S/C19H22N6OS/c1-13-20-21-17-4-5-18(22-25(13)17)23-8-2-3-15(12-23)19(26)24-9-6-16-14(11-24)7-10-27-16/h4-5,7,10,15H,2-3,6,8-9,11-12H2,1H3. The summed E-state index contributed by atoms with van der Waals surface area (Å²) in [7, 11) is 0. The third kappa shape index (κ3) is 2.97. The van der Waals surface area contributed by atoms with E-state index in [1.807, 2.05) is 35.3 Å². The van der Waals surface area contributed by atoms with Gasteiger partial charge in [-0.05, 0) is 55.3 Å². The zero-order valence-corrected chi connectivity index (χ0v) is 16.2. The summed E-state index contributed by atoms with van der Waals surface area (Å²) in [5.74, 6) is 1.99. The number of nitrogens with zero attached hydrogens (tertiary/aromatic N) is 6. The number of hydrogen-bond acceptors (Lipinski definition) is 6. The lowest BCUT2D eigenvalue weighted by Gasteiger charge is -2.36. The third-order valence-electron chi connectivity index (χ3n) is 5.62. The molecule has 0 radical (unpaired) electrons. The van der Waals surface area contributed by atoms with Crippen molar-refractivity contribution in [2.75, 3.05) is 24.5 Å². The maximum Gasteiger partial charge on any atom is 0.227 e. The lowest BCUT2D eigenvalue weighted by atomic mass is 9.95. The highest BCUT2D eigenvalue weighted by Crippen LogP contribution is 2.28. The summed E-state index contributed by atoms with van der Waals surface area (Å²) in [6.45, 7) is 5.16. The van der Waals surface area contributed by atoms with Gasteiger partial charge in [0.05, 0.1) is 5.92 Å². The molecule has 1 atom stereocenters. The normalized spacial score (nSPS) is 20.1. The Morgan fingerprint density at radius 2 is 2.15 bits per heavy atom. The van der Waals surface area contributed by atoms with E-state index in [1.165, 1.54) is 10.4 Å². The number of thiophene rings is 1. The van der Waals surface area contributed by atoms with Crippen molar-refractivity contribution in [1.82, 2.24) is 24.7 Å². The number of aromatic nitrogens is 4. The molecular formula is C19H22N6OS. The van der Waals surface area contributed by atoms with Crippen LogP contribution in [0.5, 0.6) is 0 Å². The monoisotopic (exact) mass is 382 g/mol. The molecule has 0 aromatic carbocycles. The summed E-state index contributed by atoms with van der Waals surface area (Å²) in [6.07, 6.45) is 2.95. The van der Waals surface area contributed by atoms with Crippen LogP contribution < -0.4 is 4.90 Å². The summed E-state index contributed by atoms with van der Waals surface area (Å²) in [6, 6.07) is 6.08. The van der Waals surface area contributed by atoms with E-state index in [0.717, 1.165) is 62.7 Å². The molecule has 1 unspecified atom stereocenters. The maximum atomic E-state index is 13.1. The molecule has 5 heterocycles. The lowest BCUT2D eigenvalue weighted by Crippen LogP contribution is -2.46. The van der Waals surface area contributed by atoms with Gasteiger partial charge in [0.1, 0.15) is 5.82 Å². The number of hydrogen-bond donors (Lipinski definition) is 0. The van der Waals surface area contributed by atoms with Gasteiger partial charge in [-0.15, -0.1) is 26.6 Å². The quantitative estimate of drug-likeness (QED) is 0.680. The Morgan fingerprint density at radius 3 is 3.07 bits per heavy atom. The molecule has 0 saturated carbocycles. The molecule has 0 N–H and O–H groups in total. The first-order valence-electron chi connectivity index (χ1n) is 9.47. The Balaban J connectivity index is 1.33. The highest BCUT2D eigenvalue weighted by molar-refractivity contribution is 7.10. The number of aryl methyl sites for hydroxylation is 1. The molecule has 0 spiro atoms. The highest BCUT2D eigenvalue weighted by atomic mass is 32.1. The van der Waals surface area contributed by atoms with Gasteiger partial charge in [-0.3, -0.25) is 4.79 Å². The molecular weight excluding hydrogens is 360 g/mol. The van der Waals surface area contributed by atoms with Gasteiger partial charge >= 0.3 is 0 Å². The lowest BCUT2D eigenvalue weighted by molar-refractivity contribution is -0.136. The van der Waals surface area contributed by atoms with Crippen LogP contribution in [0.2, 0.25) is 0 Å². The minimum atomic E-state index is 0.0402. The average Bonchev–Trinajstić information content (AvgIpc) is 3.33. The van der Waals surface area contributed by atoms with Crippen molar-refractivity contribution in [3.05, 3.63) is 39.8 Å². The van der Waals surface area contributed by atoms with Crippen LogP contribution in [0.3, 0.4) is 0 Å². The molecule has 1 fully saturated rings. The predicted octanol–water partition coefficient (Wildman–Crippen LogP) is 2.30. The second-order valence-corrected chi connectivity index (χ2v) is 8.37. The van der Waals surface area contributed by atoms with Crippen LogP contribution in [-0.2, 0) is 17.8 Å². The number of anilines is 1. The van der Waals surface area contributed by atoms with Gasteiger partial charge in [0.15, 0.2) is 11.5 Å². The molecule has 1 amide bonds. The van der Waals surface area contributed by atoms with Crippen molar-refractivity contribution in [3.8, 4) is 0 Å². The fourth-order valence-corrected chi connectivity index (χ4v) is 5.03. The number of rotatable bonds is 2. The van der Waals surface area contributed by atoms with Gasteiger partial charge in [-0.1, -0.05) is 0 Å². The van der Waals surface area contributed by atoms with Gasteiger partial charge in [0.2, 0.25) is 5.91 Å². The summed E-state index contributed by atoms with van der Waals surface area (Å²) >= 11 is 1.81. The van der Waals surface area contributed by atoms with Gasteiger partial charge in [-0.25, -0.2) is 0 Å². The first kappa shape index (κ1) is 16.7. The summed E-state index contributed by atoms with van der Waals surface area (Å²) in [4.78, 5) is 18.9. The average molecular weight is 382 g/mol. The van der Waals surface area contributed by atoms with Crippen molar-refractivity contribution in [2.45, 2.75) is 32.7 Å². The van der Waals surface area contributed by atoms with Gasteiger partial charge < -0.3 is 9.80 Å². The maximum absolute atomic E-state index is 13.1. The number of amides is 1. The molecule has 7 nitrogen and oxygen atoms in total. The molecule has 1 saturated heterocycles. The first-order chi connectivity index (χ1) is 13.2. The predicted molar refractivity (Wildman–Crippen MR) is 104 cm³/mol. The molecule has 27 heavy (non-hydrogen) atoms. The van der Waals surface area contributed by atoms with Crippen molar-refractivity contribution in [3.63, 3.8) is 0 Å². The van der Waals surface area contributed by atoms with E-state index in [-0.39, 0.29) is 11.8 Å². The molecule has 2 aliphatic rings. The van der Waals surface area contributed by atoms with Crippen molar-refractivity contribution in [2.24, 2.45) is 5.92 Å². The van der Waals surface area contributed by atoms with Crippen LogP contribution in [0, 0.1) is 12.8 Å². The van der Waals surface area contributed by atoms with E-state index in [0.29, 0.717) is 0 Å². The zero-order valence-electron chi connectivity index (χ0n) is 15.3. The molecule has 8 heteroatoms. The van der Waals surface area contributed by atoms with Gasteiger partial charge in [0, 0.05) is 31.1 Å². The molecule has 3 aromatic rings. The van der Waals surface area contributed by atoms with Crippen LogP contribution in [-0.4, -0.2) is 50.3 Å². The van der Waals surface area contributed by atoms with E-state index in [9.17, 15) is 4.79 Å². The Hall–Kier alpha value is -2.48. The first-order valence-corrected chi connectivity index (χ1v) is 10.3. The highest BCUT2D eigenvalue weighted by Gasteiger charge is 2.31. The Labute approximate surface area is 161 Å². The number of fused-ring (bicyclic) bond motifs is 2. The van der Waals surface area contributed by atoms with E-state index in [1.54, 1.807) is 4.52 Å². The molecule has 0 aliphatic carbocycles. The van der Waals surface area contributed by atoms with Crippen LogP contribution in [0.4, 0.5) is 5.82 Å². The van der Waals surface area contributed by atoms with Crippen LogP contribution in [0.1, 0.15) is 29.1 Å². The molecule has 2 aliphatic heterocycles. The Morgan fingerprint density at radius 1 is 1.22 bits per heavy atom. The molecule has 3 aromatic heterocycles. The fraction of sp³-hybridized carbons (Fsp3) is 0.474. The van der Waals surface area contributed by atoms with Crippen molar-refractivity contribution >= 4 is 28.7 Å². The molecule has 140 valence electrons. The second-order valence-electron chi connectivity index (χ2n) is 7.37. The van der Waals surface area contributed by atoms with E-state index in [4.69, 9.17) is 0 Å². The largest absolute Gasteiger partial charge is 0.354 e. The van der Waals surface area contributed by atoms with Gasteiger partial charge in [-0.2, -0.15) is 4.52 Å². The minimum absolute atomic E-state index is 0.0402. The van der Waals surface area contributed by atoms with E-state index in [2.05, 4.69) is 31.6 Å².